The van der Waals surface area contributed by atoms with Gasteiger partial charge in [0.25, 0.3) is 5.91 Å². The molecule has 2 aromatic rings. The molecule has 0 bridgehead atoms. The summed E-state index contributed by atoms with van der Waals surface area (Å²) in [5.41, 5.74) is 1.97. The van der Waals surface area contributed by atoms with Crippen molar-refractivity contribution in [3.05, 3.63) is 41.1 Å². The van der Waals surface area contributed by atoms with E-state index in [9.17, 15) is 9.00 Å². The number of unbranched alkanes of at least 4 members (excludes halogenated alkanes) is 1. The van der Waals surface area contributed by atoms with Gasteiger partial charge in [-0.15, -0.1) is 0 Å². The molecule has 6 nitrogen and oxygen atoms in total. The Hall–Kier alpha value is -2.15. The first-order chi connectivity index (χ1) is 12.8. The zero-order valence-corrected chi connectivity index (χ0v) is 17.2. The number of rotatable bonds is 6. The predicted molar refractivity (Wildman–Crippen MR) is 108 cm³/mol. The van der Waals surface area contributed by atoms with Crippen LogP contribution >= 0.6 is 0 Å². The maximum atomic E-state index is 12.8. The molecule has 1 amide bonds. The highest BCUT2D eigenvalue weighted by Crippen LogP contribution is 2.33. The summed E-state index contributed by atoms with van der Waals surface area (Å²) in [4.78, 5) is 12.8. The zero-order valence-electron chi connectivity index (χ0n) is 16.4. The third-order valence-corrected chi connectivity index (χ3v) is 5.63. The highest BCUT2D eigenvalue weighted by molar-refractivity contribution is 7.83. The van der Waals surface area contributed by atoms with Crippen LogP contribution < -0.4 is 10.1 Å². The second-order valence-corrected chi connectivity index (χ2v) is 9.22. The van der Waals surface area contributed by atoms with Crippen molar-refractivity contribution in [3.63, 3.8) is 0 Å². The molecule has 1 N–H and O–H groups in total. The molecule has 2 heterocycles. The van der Waals surface area contributed by atoms with E-state index in [1.807, 2.05) is 37.6 Å². The highest BCUT2D eigenvalue weighted by atomic mass is 32.2. The number of carbonyl (C=O) groups excluding carboxylic acids is 1. The van der Waals surface area contributed by atoms with Gasteiger partial charge in [0.1, 0.15) is 11.6 Å². The van der Waals surface area contributed by atoms with Crippen LogP contribution in [-0.4, -0.2) is 26.5 Å². The molecular formula is C20H27N3O3S. The number of anilines is 1. The van der Waals surface area contributed by atoms with Crippen LogP contribution in [0, 0.1) is 0 Å². The minimum absolute atomic E-state index is 0.207. The number of benzene rings is 1. The van der Waals surface area contributed by atoms with Crippen LogP contribution in [0.4, 0.5) is 5.82 Å². The van der Waals surface area contributed by atoms with E-state index in [1.165, 1.54) is 0 Å². The van der Waals surface area contributed by atoms with E-state index in [2.05, 4.69) is 17.3 Å². The van der Waals surface area contributed by atoms with E-state index < -0.39 is 10.8 Å². The number of amides is 1. The number of hydrogen-bond donors (Lipinski definition) is 1. The van der Waals surface area contributed by atoms with Gasteiger partial charge in [0, 0.05) is 21.9 Å². The normalized spacial score (nSPS) is 16.2. The number of nitrogens with zero attached hydrogens (tertiary/aromatic N) is 2. The molecule has 1 aromatic heterocycles. The molecule has 0 spiro atoms. The molecule has 1 atom stereocenters. The zero-order chi connectivity index (χ0) is 19.6. The fourth-order valence-corrected chi connectivity index (χ4v) is 4.22. The molecule has 146 valence electrons. The number of fused-ring (bicyclic) bond motifs is 1. The average Bonchev–Trinajstić information content (AvgIpc) is 3.13. The Bertz CT molecular complexity index is 851. The first-order valence-electron chi connectivity index (χ1n) is 9.30. The van der Waals surface area contributed by atoms with E-state index in [-0.39, 0.29) is 11.4 Å². The second kappa shape index (κ2) is 7.84. The molecule has 0 fully saturated rings. The van der Waals surface area contributed by atoms with Gasteiger partial charge in [-0.25, -0.2) is 4.68 Å². The number of ether oxygens (including phenoxy) is 1. The molecular weight excluding hydrogens is 362 g/mol. The standard InChI is InChI=1S/C20H27N3O3S/c1-5-6-11-26-15-9-7-14(8-10-15)19(24)21-18-16-12-27(25)13-17(16)22-23(18)20(2,3)4/h7-10H,5-6,11-13H2,1-4H3,(H,21,24)/t27-/m0/s1. The van der Waals surface area contributed by atoms with Crippen molar-refractivity contribution in [3.8, 4) is 5.75 Å². The van der Waals surface area contributed by atoms with Crippen LogP contribution in [0.3, 0.4) is 0 Å². The van der Waals surface area contributed by atoms with E-state index in [0.717, 1.165) is 29.8 Å². The van der Waals surface area contributed by atoms with Gasteiger partial charge in [0.05, 0.1) is 29.3 Å². The summed E-state index contributed by atoms with van der Waals surface area (Å²) in [7, 11) is -0.944. The topological polar surface area (TPSA) is 73.2 Å². The molecule has 27 heavy (non-hydrogen) atoms. The number of aromatic nitrogens is 2. The molecule has 0 saturated heterocycles. The summed E-state index contributed by atoms with van der Waals surface area (Å²) in [5, 5.41) is 7.60. The lowest BCUT2D eigenvalue weighted by Crippen LogP contribution is -2.27. The van der Waals surface area contributed by atoms with Crippen LogP contribution in [0.25, 0.3) is 0 Å². The van der Waals surface area contributed by atoms with Crippen molar-refractivity contribution >= 4 is 22.5 Å². The van der Waals surface area contributed by atoms with Crippen molar-refractivity contribution < 1.29 is 13.7 Å². The van der Waals surface area contributed by atoms with E-state index >= 15 is 0 Å². The Morgan fingerprint density at radius 2 is 1.96 bits per heavy atom. The van der Waals surface area contributed by atoms with Crippen molar-refractivity contribution in [2.24, 2.45) is 0 Å². The largest absolute Gasteiger partial charge is 0.494 e. The van der Waals surface area contributed by atoms with Gasteiger partial charge in [-0.05, 0) is 51.5 Å². The maximum Gasteiger partial charge on any atom is 0.256 e. The van der Waals surface area contributed by atoms with E-state index in [1.54, 1.807) is 12.1 Å². The number of nitrogens with one attached hydrogen (secondary N) is 1. The third kappa shape index (κ3) is 4.40. The Morgan fingerprint density at radius 3 is 2.59 bits per heavy atom. The lowest BCUT2D eigenvalue weighted by molar-refractivity contribution is 0.102. The third-order valence-electron chi connectivity index (χ3n) is 4.42. The quantitative estimate of drug-likeness (QED) is 0.762. The van der Waals surface area contributed by atoms with Crippen molar-refractivity contribution in [2.75, 3.05) is 11.9 Å². The Kier molecular flexibility index (Phi) is 5.69. The van der Waals surface area contributed by atoms with Gasteiger partial charge in [-0.3, -0.25) is 9.00 Å². The van der Waals surface area contributed by atoms with Gasteiger partial charge in [0.15, 0.2) is 0 Å². The molecule has 0 aliphatic carbocycles. The molecule has 1 aromatic carbocycles. The average molecular weight is 390 g/mol. The Balaban J connectivity index is 1.79. The fourth-order valence-electron chi connectivity index (χ4n) is 2.96. The van der Waals surface area contributed by atoms with Crippen LogP contribution in [0.5, 0.6) is 5.75 Å². The first kappa shape index (κ1) is 19.6. The molecule has 1 aliphatic heterocycles. The van der Waals surface area contributed by atoms with Crippen LogP contribution in [0.15, 0.2) is 24.3 Å². The van der Waals surface area contributed by atoms with Gasteiger partial charge in [0.2, 0.25) is 0 Å². The van der Waals surface area contributed by atoms with E-state index in [4.69, 9.17) is 4.74 Å². The maximum absolute atomic E-state index is 12.8. The SMILES string of the molecule is CCCCOc1ccc(C(=O)Nc2c3c(nn2C(C)(C)C)C[S@@](=O)C3)cc1. The predicted octanol–water partition coefficient (Wildman–Crippen LogP) is 3.83. The Labute approximate surface area is 162 Å². The molecule has 0 saturated carbocycles. The molecule has 7 heteroatoms. The van der Waals surface area contributed by atoms with Gasteiger partial charge >= 0.3 is 0 Å². The molecule has 0 radical (unpaired) electrons. The summed E-state index contributed by atoms with van der Waals surface area (Å²) in [6.45, 7) is 8.89. The van der Waals surface area contributed by atoms with Crippen molar-refractivity contribution in [1.29, 1.82) is 0 Å². The fraction of sp³-hybridized carbons (Fsp3) is 0.500. The monoisotopic (exact) mass is 389 g/mol. The summed E-state index contributed by atoms with van der Waals surface area (Å²) >= 11 is 0. The summed E-state index contributed by atoms with van der Waals surface area (Å²) in [6, 6.07) is 7.13. The number of carbonyl (C=O) groups is 1. The minimum atomic E-state index is -0.944. The van der Waals surface area contributed by atoms with Crippen LogP contribution in [-0.2, 0) is 27.8 Å². The van der Waals surface area contributed by atoms with Crippen molar-refractivity contribution in [2.45, 2.75) is 57.6 Å². The van der Waals surface area contributed by atoms with Gasteiger partial charge < -0.3 is 10.1 Å². The van der Waals surface area contributed by atoms with Gasteiger partial charge in [-0.2, -0.15) is 5.10 Å². The van der Waals surface area contributed by atoms with Crippen LogP contribution in [0.2, 0.25) is 0 Å². The summed E-state index contributed by atoms with van der Waals surface area (Å²) < 4.78 is 19.4. The van der Waals surface area contributed by atoms with Crippen LogP contribution in [0.1, 0.15) is 62.2 Å². The molecule has 3 rings (SSSR count). The molecule has 0 unspecified atom stereocenters. The van der Waals surface area contributed by atoms with Crippen molar-refractivity contribution in [1.82, 2.24) is 9.78 Å². The smallest absolute Gasteiger partial charge is 0.256 e. The molecule has 1 aliphatic rings. The second-order valence-electron chi connectivity index (χ2n) is 7.77. The summed E-state index contributed by atoms with van der Waals surface area (Å²) in [5.74, 6) is 2.09. The number of hydrogen-bond acceptors (Lipinski definition) is 4. The lowest BCUT2D eigenvalue weighted by atomic mass is 10.1. The van der Waals surface area contributed by atoms with E-state index in [0.29, 0.717) is 29.5 Å². The van der Waals surface area contributed by atoms with Gasteiger partial charge in [-0.1, -0.05) is 13.3 Å². The minimum Gasteiger partial charge on any atom is -0.494 e. The lowest BCUT2D eigenvalue weighted by Gasteiger charge is -2.23. The highest BCUT2D eigenvalue weighted by Gasteiger charge is 2.31. The first-order valence-corrected chi connectivity index (χ1v) is 10.8. The Morgan fingerprint density at radius 1 is 1.26 bits per heavy atom. The summed E-state index contributed by atoms with van der Waals surface area (Å²) in [6.07, 6.45) is 2.09.